The van der Waals surface area contributed by atoms with E-state index in [-0.39, 0.29) is 6.04 Å². The molecule has 0 aromatic carbocycles. The number of aromatic nitrogens is 2. The molecule has 2 N–H and O–H groups in total. The van der Waals surface area contributed by atoms with Gasteiger partial charge in [0.15, 0.2) is 5.82 Å². The summed E-state index contributed by atoms with van der Waals surface area (Å²) >= 11 is 0. The fraction of sp³-hybridized carbons (Fsp3) is 0.875. The number of nitrogens with two attached hydrogens (primary N) is 1. The molecule has 5 heteroatoms. The lowest BCUT2D eigenvalue weighted by atomic mass is 10.1. The zero-order valence-electron chi connectivity index (χ0n) is 13.6. The van der Waals surface area contributed by atoms with E-state index in [1.165, 1.54) is 51.4 Å². The minimum absolute atomic E-state index is 0.296. The van der Waals surface area contributed by atoms with Gasteiger partial charge in [0.25, 0.3) is 0 Å². The zero-order chi connectivity index (χ0) is 15.3. The normalized spacial score (nSPS) is 12.7. The van der Waals surface area contributed by atoms with Crippen LogP contribution in [0.4, 0.5) is 0 Å². The summed E-state index contributed by atoms with van der Waals surface area (Å²) in [6, 6.07) is -0.296. The maximum absolute atomic E-state index is 5.85. The standard InChI is InChI=1S/C16H31N3O2/c1-3-4-5-6-7-8-9-10-11-12-15-18-16(19-21-15)14(17)13-20-2/h14H,3-13,17H2,1-2H3. The predicted octanol–water partition coefficient (Wildman–Crippen LogP) is 3.79. The molecule has 0 aliphatic carbocycles. The van der Waals surface area contributed by atoms with Crippen molar-refractivity contribution in [1.29, 1.82) is 0 Å². The number of hydrogen-bond acceptors (Lipinski definition) is 5. The maximum atomic E-state index is 5.85. The van der Waals surface area contributed by atoms with Crippen LogP contribution >= 0.6 is 0 Å². The molecule has 0 fully saturated rings. The zero-order valence-corrected chi connectivity index (χ0v) is 13.6. The summed E-state index contributed by atoms with van der Waals surface area (Å²) in [5.74, 6) is 1.24. The summed E-state index contributed by atoms with van der Waals surface area (Å²) in [6.45, 7) is 2.67. The average Bonchev–Trinajstić information content (AvgIpc) is 2.95. The van der Waals surface area contributed by atoms with Crippen LogP contribution < -0.4 is 5.73 Å². The molecular formula is C16H31N3O2. The predicted molar refractivity (Wildman–Crippen MR) is 84.0 cm³/mol. The highest BCUT2D eigenvalue weighted by molar-refractivity contribution is 4.92. The number of hydrogen-bond donors (Lipinski definition) is 1. The lowest BCUT2D eigenvalue weighted by Gasteiger charge is -2.03. The van der Waals surface area contributed by atoms with Crippen LogP contribution in [0.3, 0.4) is 0 Å². The average molecular weight is 297 g/mol. The quantitative estimate of drug-likeness (QED) is 0.561. The topological polar surface area (TPSA) is 74.2 Å². The van der Waals surface area contributed by atoms with Gasteiger partial charge in [0.2, 0.25) is 5.89 Å². The minimum atomic E-state index is -0.296. The first-order valence-electron chi connectivity index (χ1n) is 8.35. The van der Waals surface area contributed by atoms with E-state index in [0.717, 1.165) is 12.8 Å². The lowest BCUT2D eigenvalue weighted by Crippen LogP contribution is -2.17. The Hall–Kier alpha value is -0.940. The van der Waals surface area contributed by atoms with E-state index in [0.29, 0.717) is 18.3 Å². The first-order valence-corrected chi connectivity index (χ1v) is 8.35. The summed E-state index contributed by atoms with van der Waals surface area (Å²) in [6.07, 6.45) is 12.7. The van der Waals surface area contributed by atoms with Crippen LogP contribution in [0.1, 0.15) is 82.5 Å². The molecule has 21 heavy (non-hydrogen) atoms. The number of aryl methyl sites for hydroxylation is 1. The van der Waals surface area contributed by atoms with Crippen molar-refractivity contribution >= 4 is 0 Å². The van der Waals surface area contributed by atoms with Crippen molar-refractivity contribution in [1.82, 2.24) is 10.1 Å². The van der Waals surface area contributed by atoms with Gasteiger partial charge in [0.05, 0.1) is 12.6 Å². The van der Waals surface area contributed by atoms with Crippen LogP contribution in [0.25, 0.3) is 0 Å². The largest absolute Gasteiger partial charge is 0.383 e. The molecule has 5 nitrogen and oxygen atoms in total. The third kappa shape index (κ3) is 8.17. The van der Waals surface area contributed by atoms with Gasteiger partial charge in [-0.25, -0.2) is 0 Å². The number of ether oxygens (including phenoxy) is 1. The summed E-state index contributed by atoms with van der Waals surface area (Å²) < 4.78 is 10.2. The highest BCUT2D eigenvalue weighted by atomic mass is 16.5. The Morgan fingerprint density at radius 1 is 1.05 bits per heavy atom. The Morgan fingerprint density at radius 3 is 2.29 bits per heavy atom. The summed E-state index contributed by atoms with van der Waals surface area (Å²) in [4.78, 5) is 4.31. The van der Waals surface area contributed by atoms with Crippen LogP contribution in [0.15, 0.2) is 4.52 Å². The molecule has 0 amide bonds. The van der Waals surface area contributed by atoms with E-state index >= 15 is 0 Å². The van der Waals surface area contributed by atoms with Crippen LogP contribution in [-0.2, 0) is 11.2 Å². The van der Waals surface area contributed by atoms with E-state index in [9.17, 15) is 0 Å². The second-order valence-electron chi connectivity index (χ2n) is 5.69. The fourth-order valence-corrected chi connectivity index (χ4v) is 2.36. The molecule has 0 radical (unpaired) electrons. The van der Waals surface area contributed by atoms with Crippen LogP contribution in [0.5, 0.6) is 0 Å². The van der Waals surface area contributed by atoms with E-state index in [4.69, 9.17) is 15.0 Å². The molecule has 0 spiro atoms. The Bertz CT molecular complexity index is 355. The van der Waals surface area contributed by atoms with E-state index in [1.807, 2.05) is 0 Å². The Morgan fingerprint density at radius 2 is 1.67 bits per heavy atom. The second kappa shape index (κ2) is 11.7. The van der Waals surface area contributed by atoms with Crippen molar-refractivity contribution in [2.24, 2.45) is 5.73 Å². The van der Waals surface area contributed by atoms with E-state index in [1.54, 1.807) is 7.11 Å². The number of unbranched alkanes of at least 4 members (excludes halogenated alkanes) is 8. The van der Waals surface area contributed by atoms with Crippen molar-refractivity contribution in [3.63, 3.8) is 0 Å². The van der Waals surface area contributed by atoms with Gasteiger partial charge in [0.1, 0.15) is 0 Å². The van der Waals surface area contributed by atoms with Gasteiger partial charge >= 0.3 is 0 Å². The fourth-order valence-electron chi connectivity index (χ4n) is 2.36. The third-order valence-corrected chi connectivity index (χ3v) is 3.66. The Kier molecular flexibility index (Phi) is 10.1. The van der Waals surface area contributed by atoms with Gasteiger partial charge in [-0.2, -0.15) is 4.98 Å². The molecule has 1 heterocycles. The highest BCUT2D eigenvalue weighted by Crippen LogP contribution is 2.12. The van der Waals surface area contributed by atoms with Crippen molar-refractivity contribution < 1.29 is 9.26 Å². The smallest absolute Gasteiger partial charge is 0.226 e. The third-order valence-electron chi connectivity index (χ3n) is 3.66. The van der Waals surface area contributed by atoms with Gasteiger partial charge < -0.3 is 15.0 Å². The van der Waals surface area contributed by atoms with Gasteiger partial charge in [-0.3, -0.25) is 0 Å². The van der Waals surface area contributed by atoms with Crippen LogP contribution in [0, 0.1) is 0 Å². The van der Waals surface area contributed by atoms with Crippen molar-refractivity contribution in [2.75, 3.05) is 13.7 Å². The number of rotatable bonds is 13. The van der Waals surface area contributed by atoms with Crippen LogP contribution in [0.2, 0.25) is 0 Å². The van der Waals surface area contributed by atoms with E-state index < -0.39 is 0 Å². The van der Waals surface area contributed by atoms with Gasteiger partial charge in [-0.1, -0.05) is 63.4 Å². The maximum Gasteiger partial charge on any atom is 0.226 e. The molecule has 1 unspecified atom stereocenters. The Balaban J connectivity index is 2.03. The lowest BCUT2D eigenvalue weighted by molar-refractivity contribution is 0.177. The SMILES string of the molecule is CCCCCCCCCCCc1nc(C(N)COC)no1. The van der Waals surface area contributed by atoms with Gasteiger partial charge in [-0.15, -0.1) is 0 Å². The molecule has 0 saturated heterocycles. The van der Waals surface area contributed by atoms with E-state index in [2.05, 4.69) is 17.1 Å². The van der Waals surface area contributed by atoms with Crippen molar-refractivity contribution in [3.05, 3.63) is 11.7 Å². The molecule has 0 bridgehead atoms. The highest BCUT2D eigenvalue weighted by Gasteiger charge is 2.13. The number of nitrogens with zero attached hydrogens (tertiary/aromatic N) is 2. The molecule has 0 saturated carbocycles. The molecule has 1 aromatic heterocycles. The monoisotopic (exact) mass is 297 g/mol. The molecule has 1 aromatic rings. The summed E-state index contributed by atoms with van der Waals surface area (Å²) in [5.41, 5.74) is 5.85. The first kappa shape index (κ1) is 18.1. The molecule has 1 rings (SSSR count). The summed E-state index contributed by atoms with van der Waals surface area (Å²) in [7, 11) is 1.61. The summed E-state index contributed by atoms with van der Waals surface area (Å²) in [5, 5.41) is 3.90. The molecule has 0 aliphatic heterocycles. The van der Waals surface area contributed by atoms with Crippen molar-refractivity contribution in [3.8, 4) is 0 Å². The van der Waals surface area contributed by atoms with Crippen LogP contribution in [-0.4, -0.2) is 23.9 Å². The van der Waals surface area contributed by atoms with Gasteiger partial charge in [-0.05, 0) is 6.42 Å². The second-order valence-corrected chi connectivity index (χ2v) is 5.69. The Labute approximate surface area is 128 Å². The minimum Gasteiger partial charge on any atom is -0.383 e. The van der Waals surface area contributed by atoms with Crippen molar-refractivity contribution in [2.45, 2.75) is 77.2 Å². The molecule has 1 atom stereocenters. The molecule has 122 valence electrons. The molecule has 0 aliphatic rings. The molecular weight excluding hydrogens is 266 g/mol. The number of methoxy groups -OCH3 is 1. The first-order chi connectivity index (χ1) is 10.3. The van der Waals surface area contributed by atoms with Gasteiger partial charge in [0, 0.05) is 13.5 Å².